The van der Waals surface area contributed by atoms with E-state index in [9.17, 15) is 24.6 Å². The van der Waals surface area contributed by atoms with E-state index in [0.29, 0.717) is 6.54 Å². The summed E-state index contributed by atoms with van der Waals surface area (Å²) >= 11 is 0. The minimum absolute atomic E-state index is 0.000654. The van der Waals surface area contributed by atoms with Gasteiger partial charge in [0, 0.05) is 53.0 Å². The number of β-amino-alcohol motifs (C(OH)–C–C–N with tert-alkyl or cyclic N) is 1. The van der Waals surface area contributed by atoms with Crippen LogP contribution in [0.25, 0.3) is 22.2 Å². The number of hydrogen-bond donors (Lipinski definition) is 2. The van der Waals surface area contributed by atoms with Gasteiger partial charge in [0.25, 0.3) is 5.56 Å². The van der Waals surface area contributed by atoms with Gasteiger partial charge in [-0.3, -0.25) is 18.7 Å². The highest BCUT2D eigenvalue weighted by Crippen LogP contribution is 2.33. The smallest absolute Gasteiger partial charge is 0.332 e. The molecule has 4 heterocycles. The molecule has 0 spiro atoms. The van der Waals surface area contributed by atoms with E-state index < -0.39 is 29.0 Å². The molecule has 38 heavy (non-hydrogen) atoms. The van der Waals surface area contributed by atoms with Gasteiger partial charge in [-0.25, -0.2) is 14.8 Å². The molecule has 0 saturated carbocycles. The third-order valence-corrected chi connectivity index (χ3v) is 7.65. The molecule has 0 bridgehead atoms. The molecule has 3 atom stereocenters. The number of aromatic nitrogens is 6. The Bertz CT molecular complexity index is 1640. The minimum atomic E-state index is -1.46. The number of carbonyl (C=O) groups is 1. The van der Waals surface area contributed by atoms with E-state index >= 15 is 0 Å². The first-order valence-corrected chi connectivity index (χ1v) is 12.8. The fourth-order valence-electron chi connectivity index (χ4n) is 5.61. The van der Waals surface area contributed by atoms with Gasteiger partial charge in [0.15, 0.2) is 11.2 Å². The molecular formula is C26H33N7O5. The van der Waals surface area contributed by atoms with Crippen LogP contribution < -0.4 is 11.2 Å². The van der Waals surface area contributed by atoms with Gasteiger partial charge in [-0.1, -0.05) is 19.1 Å². The zero-order valence-corrected chi connectivity index (χ0v) is 22.0. The first kappa shape index (κ1) is 25.9. The Labute approximate surface area is 218 Å². The van der Waals surface area contributed by atoms with Crippen molar-refractivity contribution >= 4 is 28.1 Å². The topological polar surface area (TPSA) is 140 Å². The lowest BCUT2D eigenvalue weighted by molar-refractivity contribution is -0.133. The van der Waals surface area contributed by atoms with Gasteiger partial charge in [0.1, 0.15) is 5.82 Å². The summed E-state index contributed by atoms with van der Waals surface area (Å²) in [7, 11) is 2.91. The maximum atomic E-state index is 13.5. The summed E-state index contributed by atoms with van der Waals surface area (Å²) in [6, 6.07) is 7.02. The number of nitrogens with zero attached hydrogens (tertiary/aromatic N) is 7. The van der Waals surface area contributed by atoms with Crippen LogP contribution in [-0.4, -0.2) is 74.1 Å². The van der Waals surface area contributed by atoms with Crippen molar-refractivity contribution in [2.24, 2.45) is 14.1 Å². The predicted octanol–water partition coefficient (Wildman–Crippen LogP) is 0.321. The molecule has 0 unspecified atom stereocenters. The van der Waals surface area contributed by atoms with Crippen molar-refractivity contribution in [3.8, 4) is 0 Å². The molecule has 1 fully saturated rings. The van der Waals surface area contributed by atoms with Gasteiger partial charge < -0.3 is 24.2 Å². The van der Waals surface area contributed by atoms with Gasteiger partial charge in [-0.2, -0.15) is 0 Å². The van der Waals surface area contributed by atoms with Crippen LogP contribution in [-0.2, 0) is 31.9 Å². The summed E-state index contributed by atoms with van der Waals surface area (Å²) in [6.07, 6.45) is 1.36. The van der Waals surface area contributed by atoms with E-state index in [2.05, 4.69) is 9.97 Å². The standard InChI is InChI=1S/C26H33N7O5/c1-5-20-28-17-8-6-7-9-18(17)32(20)11-10-21(35)31-13-16(34)12-26(2,38)19(14-31)33-15-27-23-22(33)24(36)30(4)25(37)29(23)3/h6-9,15-16,19,34,38H,5,10-14H2,1-4H3/t16-,19+,26+/m0/s1. The summed E-state index contributed by atoms with van der Waals surface area (Å²) in [6.45, 7) is 4.14. The number of imidazole rings is 2. The Kier molecular flexibility index (Phi) is 6.48. The van der Waals surface area contributed by atoms with Gasteiger partial charge in [0.2, 0.25) is 5.91 Å². The Morgan fingerprint density at radius 2 is 1.89 bits per heavy atom. The van der Waals surface area contributed by atoms with Crippen molar-refractivity contribution in [1.29, 1.82) is 0 Å². The SMILES string of the molecule is CCc1nc2ccccc2n1CCC(=O)N1C[C@@H](O)C[C@@](C)(O)[C@H](n2cnc3c2c(=O)n(C)c(=O)n3C)C1. The van der Waals surface area contributed by atoms with Crippen LogP contribution in [0.4, 0.5) is 0 Å². The largest absolute Gasteiger partial charge is 0.391 e. The lowest BCUT2D eigenvalue weighted by Crippen LogP contribution is -2.44. The lowest BCUT2D eigenvalue weighted by Gasteiger charge is -2.34. The molecule has 4 aromatic rings. The molecule has 1 amide bonds. The van der Waals surface area contributed by atoms with Crippen LogP contribution in [0.3, 0.4) is 0 Å². The second kappa shape index (κ2) is 9.52. The average Bonchev–Trinajstić information content (AvgIpc) is 3.45. The third-order valence-electron chi connectivity index (χ3n) is 7.65. The molecule has 1 aromatic carbocycles. The molecule has 202 valence electrons. The van der Waals surface area contributed by atoms with Crippen molar-refractivity contribution in [2.45, 2.75) is 57.4 Å². The summed E-state index contributed by atoms with van der Waals surface area (Å²) < 4.78 is 5.85. The van der Waals surface area contributed by atoms with Crippen LogP contribution in [0, 0.1) is 0 Å². The van der Waals surface area contributed by atoms with Gasteiger partial charge in [-0.05, 0) is 19.1 Å². The van der Waals surface area contributed by atoms with Gasteiger partial charge in [0.05, 0.1) is 35.1 Å². The van der Waals surface area contributed by atoms with Crippen molar-refractivity contribution in [1.82, 2.24) is 33.1 Å². The molecule has 3 aromatic heterocycles. The van der Waals surface area contributed by atoms with Crippen molar-refractivity contribution in [3.63, 3.8) is 0 Å². The number of hydrogen-bond acceptors (Lipinski definition) is 7. The number of fused-ring (bicyclic) bond motifs is 2. The van der Waals surface area contributed by atoms with E-state index in [1.807, 2.05) is 35.8 Å². The van der Waals surface area contributed by atoms with Gasteiger partial charge in [-0.15, -0.1) is 0 Å². The third kappa shape index (κ3) is 4.23. The Hall–Kier alpha value is -3.77. The Morgan fingerprint density at radius 1 is 1.16 bits per heavy atom. The van der Waals surface area contributed by atoms with Crippen LogP contribution >= 0.6 is 0 Å². The molecule has 5 rings (SSSR count). The maximum Gasteiger partial charge on any atom is 0.332 e. The van der Waals surface area contributed by atoms with E-state index in [0.717, 1.165) is 27.8 Å². The van der Waals surface area contributed by atoms with Crippen molar-refractivity contribution in [3.05, 3.63) is 57.3 Å². The number of aliphatic hydroxyl groups is 2. The number of carbonyl (C=O) groups excluding carboxylic acids is 1. The van der Waals surface area contributed by atoms with Crippen molar-refractivity contribution in [2.75, 3.05) is 13.1 Å². The highest BCUT2D eigenvalue weighted by Gasteiger charge is 2.42. The highest BCUT2D eigenvalue weighted by atomic mass is 16.3. The van der Waals surface area contributed by atoms with E-state index in [-0.39, 0.29) is 43.0 Å². The number of aliphatic hydroxyl groups excluding tert-OH is 1. The average molecular weight is 524 g/mol. The van der Waals surface area contributed by atoms with E-state index in [1.54, 1.807) is 11.8 Å². The van der Waals surface area contributed by atoms with Gasteiger partial charge >= 0.3 is 5.69 Å². The molecule has 12 nitrogen and oxygen atoms in total. The van der Waals surface area contributed by atoms with Crippen molar-refractivity contribution < 1.29 is 15.0 Å². The monoisotopic (exact) mass is 523 g/mol. The molecule has 0 aliphatic carbocycles. The number of rotatable bonds is 5. The molecule has 12 heteroatoms. The fraction of sp³-hybridized carbons (Fsp3) is 0.500. The summed E-state index contributed by atoms with van der Waals surface area (Å²) in [4.78, 5) is 49.5. The van der Waals surface area contributed by atoms with Crippen LogP contribution in [0.2, 0.25) is 0 Å². The highest BCUT2D eigenvalue weighted by molar-refractivity contribution is 5.78. The molecule has 2 N–H and O–H groups in total. The fourth-order valence-corrected chi connectivity index (χ4v) is 5.61. The Morgan fingerprint density at radius 3 is 2.63 bits per heavy atom. The molecule has 1 aliphatic rings. The lowest BCUT2D eigenvalue weighted by atomic mass is 9.91. The molecule has 0 radical (unpaired) electrons. The normalized spacial score (nSPS) is 22.3. The zero-order valence-electron chi connectivity index (χ0n) is 22.0. The minimum Gasteiger partial charge on any atom is -0.391 e. The maximum absolute atomic E-state index is 13.5. The summed E-state index contributed by atoms with van der Waals surface area (Å²) in [5.41, 5.74) is -0.333. The number of para-hydroxylation sites is 2. The van der Waals surface area contributed by atoms with Crippen LogP contribution in [0.5, 0.6) is 0 Å². The van der Waals surface area contributed by atoms with E-state index in [4.69, 9.17) is 0 Å². The zero-order chi connectivity index (χ0) is 27.4. The summed E-state index contributed by atoms with van der Waals surface area (Å²) in [5, 5.41) is 22.2. The number of benzene rings is 1. The number of aryl methyl sites for hydroxylation is 3. The van der Waals surface area contributed by atoms with E-state index in [1.165, 1.54) is 29.6 Å². The molecule has 1 saturated heterocycles. The first-order chi connectivity index (χ1) is 18.0. The Balaban J connectivity index is 1.48. The number of amides is 1. The molecule has 1 aliphatic heterocycles. The summed E-state index contributed by atoms with van der Waals surface area (Å²) in [5.74, 6) is 0.707. The number of likely N-dealkylation sites (tertiary alicyclic amines) is 1. The van der Waals surface area contributed by atoms with Crippen LogP contribution in [0.15, 0.2) is 40.2 Å². The molecular weight excluding hydrogens is 490 g/mol. The quantitative estimate of drug-likeness (QED) is 0.384. The second-order valence-corrected chi connectivity index (χ2v) is 10.3. The predicted molar refractivity (Wildman–Crippen MR) is 141 cm³/mol. The van der Waals surface area contributed by atoms with Crippen LogP contribution in [0.1, 0.15) is 38.6 Å². The second-order valence-electron chi connectivity index (χ2n) is 10.3. The first-order valence-electron chi connectivity index (χ1n) is 12.8.